The number of halogens is 5. The van der Waals surface area contributed by atoms with Crippen LogP contribution in [0.25, 0.3) is 0 Å². The van der Waals surface area contributed by atoms with Crippen molar-refractivity contribution in [3.63, 3.8) is 0 Å². The lowest BCUT2D eigenvalue weighted by atomic mass is 10.1. The summed E-state index contributed by atoms with van der Waals surface area (Å²) in [6.45, 7) is 1.26. The molecule has 7 nitrogen and oxygen atoms in total. The Morgan fingerprint density at radius 1 is 1.23 bits per heavy atom. The van der Waals surface area contributed by atoms with Gasteiger partial charge in [-0.25, -0.2) is 9.37 Å². The smallest absolute Gasteiger partial charge is 0.387 e. The van der Waals surface area contributed by atoms with Gasteiger partial charge < -0.3 is 15.1 Å². The van der Waals surface area contributed by atoms with Crippen molar-refractivity contribution in [1.82, 2.24) is 4.98 Å². The van der Waals surface area contributed by atoms with E-state index in [0.717, 1.165) is 23.1 Å². The Morgan fingerprint density at radius 3 is 2.45 bits per heavy atom. The highest BCUT2D eigenvalue weighted by Gasteiger charge is 2.52. The van der Waals surface area contributed by atoms with Crippen molar-refractivity contribution in [3.05, 3.63) is 52.4 Å². The van der Waals surface area contributed by atoms with Crippen LogP contribution < -0.4 is 9.80 Å². The largest absolute Gasteiger partial charge is 0.416 e. The number of aliphatic hydroxyl groups excluding tert-OH is 2. The lowest BCUT2D eigenvalue weighted by Gasteiger charge is -2.29. The summed E-state index contributed by atoms with van der Waals surface area (Å²) in [5.74, 6) is -3.46. The maximum Gasteiger partial charge on any atom is 0.416 e. The minimum atomic E-state index is -4.76. The van der Waals surface area contributed by atoms with Crippen molar-refractivity contribution < 1.29 is 37.4 Å². The third-order valence-corrected chi connectivity index (χ3v) is 5.09. The van der Waals surface area contributed by atoms with Crippen molar-refractivity contribution in [3.8, 4) is 0 Å². The SMILES string of the molecule is Cc1cc(C(F)(F)F)cc(N2C(=O)[C@H](O)[C@H](O)[C@H]2C(=O)N(C)c2ccc(F)c(Cl)c2)n1. The number of nitrogens with zero attached hydrogens (tertiary/aromatic N) is 3. The van der Waals surface area contributed by atoms with Crippen molar-refractivity contribution in [2.45, 2.75) is 31.3 Å². The molecule has 12 heteroatoms. The average Bonchev–Trinajstić information content (AvgIpc) is 2.91. The number of pyridine rings is 1. The van der Waals surface area contributed by atoms with Gasteiger partial charge in [-0.3, -0.25) is 14.5 Å². The van der Waals surface area contributed by atoms with Gasteiger partial charge in [-0.2, -0.15) is 13.2 Å². The van der Waals surface area contributed by atoms with E-state index in [9.17, 15) is 37.4 Å². The van der Waals surface area contributed by atoms with Crippen LogP contribution in [0.1, 0.15) is 11.3 Å². The maximum absolute atomic E-state index is 13.4. The molecule has 1 aliphatic heterocycles. The number of carbonyl (C=O) groups excluding carboxylic acids is 2. The lowest BCUT2D eigenvalue weighted by molar-refractivity contribution is -0.137. The van der Waals surface area contributed by atoms with E-state index in [1.54, 1.807) is 0 Å². The summed E-state index contributed by atoms with van der Waals surface area (Å²) in [4.78, 5) is 30.9. The van der Waals surface area contributed by atoms with E-state index in [1.807, 2.05) is 0 Å². The molecule has 0 radical (unpaired) electrons. The van der Waals surface area contributed by atoms with Crippen LogP contribution in [0.3, 0.4) is 0 Å². The Bertz CT molecular complexity index is 1050. The lowest BCUT2D eigenvalue weighted by Crippen LogP contribution is -2.50. The topological polar surface area (TPSA) is 94.0 Å². The maximum atomic E-state index is 13.4. The van der Waals surface area contributed by atoms with Crippen LogP contribution in [0.4, 0.5) is 29.1 Å². The van der Waals surface area contributed by atoms with Crippen LogP contribution in [0, 0.1) is 12.7 Å². The number of hydrogen-bond acceptors (Lipinski definition) is 5. The Labute approximate surface area is 178 Å². The van der Waals surface area contributed by atoms with E-state index in [-0.39, 0.29) is 16.4 Å². The number of aliphatic hydroxyl groups is 2. The van der Waals surface area contributed by atoms with Crippen molar-refractivity contribution >= 4 is 34.9 Å². The first-order chi connectivity index (χ1) is 14.3. The molecule has 1 fully saturated rings. The summed E-state index contributed by atoms with van der Waals surface area (Å²) >= 11 is 5.72. The molecule has 1 aromatic carbocycles. The molecule has 31 heavy (non-hydrogen) atoms. The number of benzene rings is 1. The number of aromatic nitrogens is 1. The summed E-state index contributed by atoms with van der Waals surface area (Å²) in [7, 11) is 1.23. The summed E-state index contributed by atoms with van der Waals surface area (Å²) in [5.41, 5.74) is -1.13. The highest BCUT2D eigenvalue weighted by molar-refractivity contribution is 6.31. The predicted molar refractivity (Wildman–Crippen MR) is 102 cm³/mol. The molecule has 166 valence electrons. The van der Waals surface area contributed by atoms with Crippen molar-refractivity contribution in [2.75, 3.05) is 16.8 Å². The fraction of sp³-hybridized carbons (Fsp3) is 0.316. The Kier molecular flexibility index (Phi) is 5.96. The van der Waals surface area contributed by atoms with Crippen LogP contribution >= 0.6 is 11.6 Å². The summed E-state index contributed by atoms with van der Waals surface area (Å²) in [6, 6.07) is 2.82. The molecule has 2 amide bonds. The van der Waals surface area contributed by atoms with E-state index in [2.05, 4.69) is 4.98 Å². The molecule has 0 saturated carbocycles. The molecule has 3 rings (SSSR count). The molecule has 3 atom stereocenters. The van der Waals surface area contributed by atoms with Crippen LogP contribution in [0.5, 0.6) is 0 Å². The second-order valence-corrected chi connectivity index (χ2v) is 7.34. The molecular weight excluding hydrogens is 446 g/mol. The number of aryl methyl sites for hydroxylation is 1. The predicted octanol–water partition coefficient (Wildman–Crippen LogP) is 2.30. The number of carbonyl (C=O) groups is 2. The van der Waals surface area contributed by atoms with Gasteiger partial charge in [0.2, 0.25) is 0 Å². The summed E-state index contributed by atoms with van der Waals surface area (Å²) in [5, 5.41) is 20.0. The van der Waals surface area contributed by atoms with Gasteiger partial charge in [-0.1, -0.05) is 11.6 Å². The third-order valence-electron chi connectivity index (χ3n) is 4.80. The Hall–Kier alpha value is -2.76. The van der Waals surface area contributed by atoms with Gasteiger partial charge in [0.25, 0.3) is 11.8 Å². The number of likely N-dealkylation sites (N-methyl/N-ethyl adjacent to an activating group) is 1. The van der Waals surface area contributed by atoms with Crippen LogP contribution in [0.15, 0.2) is 30.3 Å². The van der Waals surface area contributed by atoms with Gasteiger partial charge in [0.15, 0.2) is 6.10 Å². The quantitative estimate of drug-likeness (QED) is 0.684. The minimum absolute atomic E-state index is 0.0885. The molecule has 0 bridgehead atoms. The molecular formula is C19H16ClF4N3O4. The minimum Gasteiger partial charge on any atom is -0.387 e. The molecule has 2 heterocycles. The highest BCUT2D eigenvalue weighted by atomic mass is 35.5. The summed E-state index contributed by atoms with van der Waals surface area (Å²) in [6.07, 6.45) is -8.77. The van der Waals surface area contributed by atoms with Gasteiger partial charge in [0.05, 0.1) is 10.6 Å². The zero-order valence-electron chi connectivity index (χ0n) is 16.1. The fourth-order valence-corrected chi connectivity index (χ4v) is 3.40. The van der Waals surface area contributed by atoms with Crippen molar-refractivity contribution in [2.24, 2.45) is 0 Å². The number of amides is 2. The fourth-order valence-electron chi connectivity index (χ4n) is 3.22. The van der Waals surface area contributed by atoms with Gasteiger partial charge in [0.1, 0.15) is 23.8 Å². The first-order valence-electron chi connectivity index (χ1n) is 8.80. The monoisotopic (exact) mass is 461 g/mol. The highest BCUT2D eigenvalue weighted by Crippen LogP contribution is 2.35. The van der Waals surface area contributed by atoms with E-state index in [4.69, 9.17) is 11.6 Å². The number of rotatable bonds is 3. The number of alkyl halides is 3. The number of hydrogen-bond donors (Lipinski definition) is 2. The van der Waals surface area contributed by atoms with Crippen LogP contribution in [0.2, 0.25) is 5.02 Å². The second kappa shape index (κ2) is 8.06. The Morgan fingerprint density at radius 2 is 1.87 bits per heavy atom. The van der Waals surface area contributed by atoms with Crippen LogP contribution in [-0.2, 0) is 15.8 Å². The molecule has 0 aliphatic carbocycles. The van der Waals surface area contributed by atoms with Crippen LogP contribution in [-0.4, -0.2) is 52.3 Å². The third kappa shape index (κ3) is 4.21. The molecule has 0 spiro atoms. The number of anilines is 2. The first-order valence-corrected chi connectivity index (χ1v) is 9.18. The van der Waals surface area contributed by atoms with Gasteiger partial charge in [0, 0.05) is 18.4 Å². The molecule has 0 unspecified atom stereocenters. The zero-order valence-corrected chi connectivity index (χ0v) is 16.8. The first kappa shape index (κ1) is 22.9. The molecule has 2 N–H and O–H groups in total. The van der Waals surface area contributed by atoms with Crippen molar-refractivity contribution in [1.29, 1.82) is 0 Å². The van der Waals surface area contributed by atoms with Gasteiger partial charge in [-0.15, -0.1) is 0 Å². The molecule has 1 aliphatic rings. The van der Waals surface area contributed by atoms with Gasteiger partial charge in [-0.05, 0) is 37.3 Å². The molecule has 1 saturated heterocycles. The van der Waals surface area contributed by atoms with E-state index in [1.165, 1.54) is 20.0 Å². The molecule has 1 aromatic heterocycles. The normalized spacial score (nSPS) is 21.5. The van der Waals surface area contributed by atoms with E-state index >= 15 is 0 Å². The second-order valence-electron chi connectivity index (χ2n) is 6.94. The summed E-state index contributed by atoms with van der Waals surface area (Å²) < 4.78 is 53.1. The molecule has 2 aromatic rings. The average molecular weight is 462 g/mol. The van der Waals surface area contributed by atoms with Gasteiger partial charge >= 0.3 is 6.18 Å². The standard InChI is InChI=1S/C19H16ClF4N3O4/c1-8-5-9(19(22,23)24)6-13(25-8)27-14(15(28)16(29)18(27)31)17(30)26(2)10-3-4-12(21)11(20)7-10/h3-7,14-16,28-29H,1-2H3/t14-,15+,16+/m0/s1. The van der Waals surface area contributed by atoms with E-state index < -0.39 is 53.4 Å². The Balaban J connectivity index is 2.05. The van der Waals surface area contributed by atoms with E-state index in [0.29, 0.717) is 11.0 Å². The zero-order chi connectivity index (χ0) is 23.2.